The van der Waals surface area contributed by atoms with E-state index in [-0.39, 0.29) is 6.10 Å². The average Bonchev–Trinajstić information content (AvgIpc) is 2.96. The van der Waals surface area contributed by atoms with E-state index in [4.69, 9.17) is 4.74 Å². The van der Waals surface area contributed by atoms with Gasteiger partial charge >= 0.3 is 6.18 Å². The molecule has 0 spiro atoms. The number of halogens is 3. The third-order valence-corrected chi connectivity index (χ3v) is 3.85. The normalized spacial score (nSPS) is 16.7. The lowest BCUT2D eigenvalue weighted by Crippen LogP contribution is -2.19. The van der Waals surface area contributed by atoms with Gasteiger partial charge in [0.1, 0.15) is 0 Å². The first kappa shape index (κ1) is 14.9. The quantitative estimate of drug-likeness (QED) is 0.828. The molecule has 0 aliphatic heterocycles. The molecule has 0 amide bonds. The highest BCUT2D eigenvalue weighted by molar-refractivity contribution is 5.37. The van der Waals surface area contributed by atoms with Crippen LogP contribution in [0.4, 0.5) is 13.2 Å². The molecule has 1 heterocycles. The van der Waals surface area contributed by atoms with Crippen LogP contribution >= 0.6 is 0 Å². The summed E-state index contributed by atoms with van der Waals surface area (Å²) < 4.78 is 45.5. The Morgan fingerprint density at radius 3 is 2.64 bits per heavy atom. The molecule has 22 heavy (non-hydrogen) atoms. The molecule has 1 aliphatic rings. The Morgan fingerprint density at radius 2 is 1.91 bits per heavy atom. The predicted octanol–water partition coefficient (Wildman–Crippen LogP) is 4.60. The van der Waals surface area contributed by atoms with Gasteiger partial charge in [0, 0.05) is 0 Å². The van der Waals surface area contributed by atoms with Crippen LogP contribution in [0.1, 0.15) is 37.7 Å². The van der Waals surface area contributed by atoms with Crippen molar-refractivity contribution in [3.63, 3.8) is 0 Å². The van der Waals surface area contributed by atoms with Crippen LogP contribution in [0.2, 0.25) is 0 Å². The van der Waals surface area contributed by atoms with Crippen molar-refractivity contribution in [1.82, 2.24) is 9.78 Å². The third-order valence-electron chi connectivity index (χ3n) is 3.85. The van der Waals surface area contributed by atoms with Crippen LogP contribution in [0.5, 0.6) is 5.75 Å². The van der Waals surface area contributed by atoms with E-state index >= 15 is 0 Å². The number of nitrogens with zero attached hydrogens (tertiary/aromatic N) is 2. The third kappa shape index (κ3) is 3.43. The first-order valence-corrected chi connectivity index (χ1v) is 7.41. The van der Waals surface area contributed by atoms with Gasteiger partial charge < -0.3 is 4.74 Å². The summed E-state index contributed by atoms with van der Waals surface area (Å²) in [7, 11) is 0. The first-order valence-electron chi connectivity index (χ1n) is 7.41. The van der Waals surface area contributed by atoms with Crippen LogP contribution < -0.4 is 4.74 Å². The lowest BCUT2D eigenvalue weighted by Gasteiger charge is -2.21. The minimum atomic E-state index is -4.36. The summed E-state index contributed by atoms with van der Waals surface area (Å²) in [5.41, 5.74) is -0.316. The lowest BCUT2D eigenvalue weighted by atomic mass is 9.98. The maximum absolute atomic E-state index is 12.7. The van der Waals surface area contributed by atoms with Gasteiger partial charge in [-0.2, -0.15) is 18.3 Å². The second-order valence-corrected chi connectivity index (χ2v) is 5.55. The van der Waals surface area contributed by atoms with E-state index < -0.39 is 11.7 Å². The molecule has 0 unspecified atom stereocenters. The molecule has 0 N–H and O–H groups in total. The fourth-order valence-corrected chi connectivity index (χ4v) is 2.71. The Kier molecular flexibility index (Phi) is 4.09. The molecule has 3 rings (SSSR count). The Hall–Kier alpha value is -1.98. The number of alkyl halides is 3. The molecule has 0 atom stereocenters. The molecule has 3 nitrogen and oxygen atoms in total. The largest absolute Gasteiger partial charge is 0.487 e. The highest BCUT2D eigenvalue weighted by atomic mass is 19.4. The van der Waals surface area contributed by atoms with E-state index in [2.05, 4.69) is 5.10 Å². The zero-order valence-corrected chi connectivity index (χ0v) is 12.0. The lowest BCUT2D eigenvalue weighted by molar-refractivity contribution is -0.137. The first-order chi connectivity index (χ1) is 10.5. The highest BCUT2D eigenvalue weighted by Gasteiger charge is 2.30. The second-order valence-electron chi connectivity index (χ2n) is 5.55. The van der Waals surface area contributed by atoms with Crippen LogP contribution in [-0.2, 0) is 6.18 Å². The van der Waals surface area contributed by atoms with Crippen molar-refractivity contribution in [3.8, 4) is 11.4 Å². The second kappa shape index (κ2) is 6.02. The molecule has 118 valence electrons. The van der Waals surface area contributed by atoms with Gasteiger partial charge in [-0.1, -0.05) is 12.5 Å². The van der Waals surface area contributed by atoms with Crippen LogP contribution in [0, 0.1) is 0 Å². The van der Waals surface area contributed by atoms with Gasteiger partial charge in [-0.15, -0.1) is 0 Å². The van der Waals surface area contributed by atoms with Crippen LogP contribution in [0.15, 0.2) is 36.7 Å². The fraction of sp³-hybridized carbons (Fsp3) is 0.438. The van der Waals surface area contributed by atoms with Gasteiger partial charge in [-0.3, -0.25) is 0 Å². The number of rotatable bonds is 3. The Balaban J connectivity index is 1.75. The summed E-state index contributed by atoms with van der Waals surface area (Å²) in [6.07, 6.45) is 4.61. The molecule has 1 aromatic heterocycles. The van der Waals surface area contributed by atoms with Crippen LogP contribution in [0.25, 0.3) is 5.69 Å². The van der Waals surface area contributed by atoms with E-state index in [9.17, 15) is 13.2 Å². The number of benzene rings is 1. The monoisotopic (exact) mass is 310 g/mol. The summed E-state index contributed by atoms with van der Waals surface area (Å²) in [6, 6.07) is 5.10. The summed E-state index contributed by atoms with van der Waals surface area (Å²) >= 11 is 0. The summed E-state index contributed by atoms with van der Waals surface area (Å²) in [6.45, 7) is 0. The Morgan fingerprint density at radius 1 is 1.14 bits per heavy atom. The molecule has 1 fully saturated rings. The molecular formula is C16H17F3N2O. The van der Waals surface area contributed by atoms with Crippen LogP contribution in [0.3, 0.4) is 0 Å². The van der Waals surface area contributed by atoms with Crippen molar-refractivity contribution in [2.45, 2.75) is 44.4 Å². The Bertz CT molecular complexity index is 630. The SMILES string of the molecule is FC(F)(F)c1cccc(-n2cc(OC3CCCCC3)cn2)c1. The number of ether oxygens (including phenoxy) is 1. The van der Waals surface area contributed by atoms with Gasteiger partial charge in [0.2, 0.25) is 0 Å². The van der Waals surface area contributed by atoms with E-state index in [0.29, 0.717) is 11.4 Å². The van der Waals surface area contributed by atoms with Gasteiger partial charge in [0.05, 0.1) is 29.7 Å². The molecule has 0 radical (unpaired) electrons. The van der Waals surface area contributed by atoms with Crippen molar-refractivity contribution in [1.29, 1.82) is 0 Å². The zero-order chi connectivity index (χ0) is 15.6. The van der Waals surface area contributed by atoms with Crippen LogP contribution in [-0.4, -0.2) is 15.9 Å². The van der Waals surface area contributed by atoms with Gasteiger partial charge in [-0.25, -0.2) is 4.68 Å². The maximum atomic E-state index is 12.7. The number of aromatic nitrogens is 2. The summed E-state index contributed by atoms with van der Waals surface area (Å²) in [5, 5.41) is 4.10. The van der Waals surface area contributed by atoms with Crippen molar-refractivity contribution >= 4 is 0 Å². The summed E-state index contributed by atoms with van der Waals surface area (Å²) in [4.78, 5) is 0. The molecule has 1 saturated carbocycles. The van der Waals surface area contributed by atoms with Gasteiger partial charge in [0.25, 0.3) is 0 Å². The zero-order valence-electron chi connectivity index (χ0n) is 12.0. The molecule has 2 aromatic rings. The predicted molar refractivity (Wildman–Crippen MR) is 76.1 cm³/mol. The standard InChI is InChI=1S/C16H17F3N2O/c17-16(18,19)12-5-4-6-13(9-12)21-11-15(10-20-21)22-14-7-2-1-3-8-14/h4-6,9-11,14H,1-3,7-8H2. The average molecular weight is 310 g/mol. The van der Waals surface area contributed by atoms with Gasteiger partial charge in [0.15, 0.2) is 5.75 Å². The smallest absolute Gasteiger partial charge is 0.416 e. The molecule has 1 aliphatic carbocycles. The molecule has 0 saturated heterocycles. The summed E-state index contributed by atoms with van der Waals surface area (Å²) in [5.74, 6) is 0.601. The minimum Gasteiger partial charge on any atom is -0.487 e. The number of hydrogen-bond donors (Lipinski definition) is 0. The van der Waals surface area contributed by atoms with E-state index in [1.807, 2.05) is 0 Å². The van der Waals surface area contributed by atoms with Gasteiger partial charge in [-0.05, 0) is 43.9 Å². The highest BCUT2D eigenvalue weighted by Crippen LogP contribution is 2.30. The van der Waals surface area contributed by atoms with E-state index in [1.54, 1.807) is 18.5 Å². The van der Waals surface area contributed by atoms with Crippen molar-refractivity contribution in [2.24, 2.45) is 0 Å². The topological polar surface area (TPSA) is 27.1 Å². The van der Waals surface area contributed by atoms with Crippen molar-refractivity contribution in [3.05, 3.63) is 42.2 Å². The molecule has 6 heteroatoms. The molecular weight excluding hydrogens is 293 g/mol. The molecule has 1 aromatic carbocycles. The Labute approximate surface area is 126 Å². The molecule has 0 bridgehead atoms. The van der Waals surface area contributed by atoms with E-state index in [1.165, 1.54) is 17.2 Å². The fourth-order valence-electron chi connectivity index (χ4n) is 2.71. The van der Waals surface area contributed by atoms with Crippen molar-refractivity contribution < 1.29 is 17.9 Å². The number of hydrogen-bond acceptors (Lipinski definition) is 2. The minimum absolute atomic E-state index is 0.188. The van der Waals surface area contributed by atoms with Crippen molar-refractivity contribution in [2.75, 3.05) is 0 Å². The maximum Gasteiger partial charge on any atom is 0.416 e. The van der Waals surface area contributed by atoms with E-state index in [0.717, 1.165) is 37.8 Å².